The lowest BCUT2D eigenvalue weighted by Crippen LogP contribution is -2.23. The fourth-order valence-corrected chi connectivity index (χ4v) is 3.78. The minimum absolute atomic E-state index is 0.0686. The van der Waals surface area contributed by atoms with Crippen molar-refractivity contribution in [1.29, 1.82) is 0 Å². The van der Waals surface area contributed by atoms with E-state index in [9.17, 15) is 19.2 Å². The third-order valence-electron chi connectivity index (χ3n) is 5.43. The van der Waals surface area contributed by atoms with Gasteiger partial charge in [0.2, 0.25) is 0 Å². The smallest absolute Gasteiger partial charge is 0.343 e. The van der Waals surface area contributed by atoms with E-state index in [1.165, 1.54) is 18.2 Å². The summed E-state index contributed by atoms with van der Waals surface area (Å²) in [5, 5.41) is 0. The lowest BCUT2D eigenvalue weighted by molar-refractivity contribution is 0.0679. The topological polar surface area (TPSA) is 86.7 Å². The van der Waals surface area contributed by atoms with Crippen LogP contribution in [0.4, 0.5) is 0 Å². The van der Waals surface area contributed by atoms with Crippen LogP contribution in [0, 0.1) is 0 Å². The normalized spacial score (nSPS) is 11.9. The van der Waals surface area contributed by atoms with Gasteiger partial charge in [0.05, 0.1) is 16.7 Å². The van der Waals surface area contributed by atoms with E-state index in [0.717, 1.165) is 0 Å². The third-order valence-corrected chi connectivity index (χ3v) is 5.43. The highest BCUT2D eigenvalue weighted by Crippen LogP contribution is 2.40. The van der Waals surface area contributed by atoms with Gasteiger partial charge in [0.15, 0.2) is 23.1 Å². The summed E-state index contributed by atoms with van der Waals surface area (Å²) in [4.78, 5) is 52.1. The monoisotopic (exact) mass is 448 g/mol. The van der Waals surface area contributed by atoms with Crippen molar-refractivity contribution >= 4 is 23.5 Å². The van der Waals surface area contributed by atoms with Crippen LogP contribution in [0.25, 0.3) is 0 Å². The third kappa shape index (κ3) is 3.67. The van der Waals surface area contributed by atoms with Crippen LogP contribution in [-0.2, 0) is 0 Å². The zero-order chi connectivity index (χ0) is 23.7. The molecule has 0 unspecified atom stereocenters. The minimum atomic E-state index is -0.759. The molecule has 0 amide bonds. The molecule has 0 bridgehead atoms. The molecule has 0 spiro atoms. The molecule has 0 atom stereocenters. The first-order chi connectivity index (χ1) is 16.5. The molecule has 0 radical (unpaired) electrons. The summed E-state index contributed by atoms with van der Waals surface area (Å²) in [5.41, 5.74) is 0.895. The van der Waals surface area contributed by atoms with Crippen LogP contribution in [0.15, 0.2) is 97.1 Å². The number of rotatable bonds is 4. The molecule has 0 aliphatic heterocycles. The summed E-state index contributed by atoms with van der Waals surface area (Å²) in [5.74, 6) is -2.76. The van der Waals surface area contributed by atoms with E-state index in [1.807, 2.05) is 0 Å². The number of benzene rings is 4. The number of ketones is 2. The first-order valence-corrected chi connectivity index (χ1v) is 10.4. The predicted molar refractivity (Wildman–Crippen MR) is 123 cm³/mol. The minimum Gasteiger partial charge on any atom is -0.419 e. The van der Waals surface area contributed by atoms with Crippen molar-refractivity contribution in [1.82, 2.24) is 0 Å². The Hall–Kier alpha value is -4.84. The SMILES string of the molecule is O=C(Oc1ccc2c(c1OC(=O)c1ccccc1)C(=O)c1ccccc1C2=O)c1ccccc1. The maximum Gasteiger partial charge on any atom is 0.343 e. The molecule has 0 fully saturated rings. The van der Waals surface area contributed by atoms with Crippen molar-refractivity contribution < 1.29 is 28.7 Å². The Kier molecular flexibility index (Phi) is 5.32. The van der Waals surface area contributed by atoms with Gasteiger partial charge in [-0.3, -0.25) is 9.59 Å². The van der Waals surface area contributed by atoms with Crippen molar-refractivity contribution in [3.05, 3.63) is 130 Å². The van der Waals surface area contributed by atoms with E-state index in [1.54, 1.807) is 78.9 Å². The molecule has 4 aromatic carbocycles. The fourth-order valence-electron chi connectivity index (χ4n) is 3.78. The van der Waals surface area contributed by atoms with Crippen LogP contribution >= 0.6 is 0 Å². The van der Waals surface area contributed by atoms with Gasteiger partial charge in [-0.25, -0.2) is 9.59 Å². The number of ether oxygens (including phenoxy) is 2. The molecular formula is C28H16O6. The van der Waals surface area contributed by atoms with Crippen LogP contribution in [0.2, 0.25) is 0 Å². The molecular weight excluding hydrogens is 432 g/mol. The van der Waals surface area contributed by atoms with Crippen LogP contribution in [-0.4, -0.2) is 23.5 Å². The van der Waals surface area contributed by atoms with Crippen molar-refractivity contribution in [2.45, 2.75) is 0 Å². The lowest BCUT2D eigenvalue weighted by Gasteiger charge is -2.21. The summed E-state index contributed by atoms with van der Waals surface area (Å²) in [6.45, 7) is 0. The van der Waals surface area contributed by atoms with Crippen LogP contribution < -0.4 is 9.47 Å². The Labute approximate surface area is 194 Å². The second-order valence-electron chi connectivity index (χ2n) is 7.53. The molecule has 6 heteroatoms. The molecule has 4 aromatic rings. The standard InChI is InChI=1S/C28H16O6/c29-24-19-13-7-8-14-20(19)25(30)23-21(24)15-16-22(33-27(31)17-9-3-1-4-10-17)26(23)34-28(32)18-11-5-2-6-12-18/h1-16H. The number of hydrogen-bond acceptors (Lipinski definition) is 6. The summed E-state index contributed by atoms with van der Waals surface area (Å²) < 4.78 is 11.1. The highest BCUT2D eigenvalue weighted by molar-refractivity contribution is 6.29. The quantitative estimate of drug-likeness (QED) is 0.287. The van der Waals surface area contributed by atoms with Gasteiger partial charge in [0.1, 0.15) is 0 Å². The van der Waals surface area contributed by atoms with E-state index in [0.29, 0.717) is 0 Å². The van der Waals surface area contributed by atoms with Gasteiger partial charge in [-0.1, -0.05) is 60.7 Å². The summed E-state index contributed by atoms with van der Waals surface area (Å²) in [6.07, 6.45) is 0. The summed E-state index contributed by atoms with van der Waals surface area (Å²) in [6, 6.07) is 25.6. The zero-order valence-electron chi connectivity index (χ0n) is 17.7. The van der Waals surface area contributed by atoms with E-state index in [-0.39, 0.29) is 50.7 Å². The zero-order valence-corrected chi connectivity index (χ0v) is 17.7. The molecule has 0 N–H and O–H groups in total. The van der Waals surface area contributed by atoms with Crippen LogP contribution in [0.5, 0.6) is 11.5 Å². The van der Waals surface area contributed by atoms with E-state index in [4.69, 9.17) is 9.47 Å². The fraction of sp³-hybridized carbons (Fsp3) is 0. The Bertz CT molecular complexity index is 1460. The number of hydrogen-bond donors (Lipinski definition) is 0. The van der Waals surface area contributed by atoms with Gasteiger partial charge in [-0.2, -0.15) is 0 Å². The second-order valence-corrected chi connectivity index (χ2v) is 7.53. The van der Waals surface area contributed by atoms with Crippen LogP contribution in [0.3, 0.4) is 0 Å². The van der Waals surface area contributed by atoms with Crippen molar-refractivity contribution in [2.75, 3.05) is 0 Å². The Balaban J connectivity index is 1.63. The number of carbonyl (C=O) groups is 4. The summed E-state index contributed by atoms with van der Waals surface area (Å²) >= 11 is 0. The highest BCUT2D eigenvalue weighted by Gasteiger charge is 2.35. The molecule has 1 aliphatic carbocycles. The van der Waals surface area contributed by atoms with Gasteiger partial charge in [0.25, 0.3) is 0 Å². The van der Waals surface area contributed by atoms with Gasteiger partial charge in [0, 0.05) is 16.7 Å². The van der Waals surface area contributed by atoms with Gasteiger partial charge in [-0.05, 0) is 36.4 Å². The molecule has 0 saturated carbocycles. The van der Waals surface area contributed by atoms with Gasteiger partial charge >= 0.3 is 11.9 Å². The second kappa shape index (κ2) is 8.60. The molecule has 0 heterocycles. The first kappa shape index (κ1) is 21.0. The number of fused-ring (bicyclic) bond motifs is 2. The Morgan fingerprint density at radius 2 is 1.00 bits per heavy atom. The molecule has 0 aromatic heterocycles. The number of esters is 2. The maximum atomic E-state index is 13.4. The van der Waals surface area contributed by atoms with Crippen molar-refractivity contribution in [3.8, 4) is 11.5 Å². The first-order valence-electron chi connectivity index (χ1n) is 10.4. The maximum absolute atomic E-state index is 13.4. The molecule has 34 heavy (non-hydrogen) atoms. The number of carbonyl (C=O) groups excluding carboxylic acids is 4. The molecule has 164 valence electrons. The summed E-state index contributed by atoms with van der Waals surface area (Å²) in [7, 11) is 0. The van der Waals surface area contributed by atoms with Gasteiger partial charge in [-0.15, -0.1) is 0 Å². The Morgan fingerprint density at radius 3 is 1.59 bits per heavy atom. The largest absolute Gasteiger partial charge is 0.419 e. The van der Waals surface area contributed by atoms with Gasteiger partial charge < -0.3 is 9.47 Å². The predicted octanol–water partition coefficient (Wildman–Crippen LogP) is 4.90. The molecule has 5 rings (SSSR count). The van der Waals surface area contributed by atoms with Crippen molar-refractivity contribution in [2.24, 2.45) is 0 Å². The van der Waals surface area contributed by atoms with Crippen LogP contribution in [0.1, 0.15) is 52.6 Å². The molecule has 6 nitrogen and oxygen atoms in total. The van der Waals surface area contributed by atoms with Crippen molar-refractivity contribution in [3.63, 3.8) is 0 Å². The Morgan fingerprint density at radius 1 is 0.500 bits per heavy atom. The molecule has 0 saturated heterocycles. The average Bonchev–Trinajstić information content (AvgIpc) is 2.89. The van der Waals surface area contributed by atoms with E-state index in [2.05, 4.69) is 0 Å². The highest BCUT2D eigenvalue weighted by atomic mass is 16.6. The van der Waals surface area contributed by atoms with E-state index >= 15 is 0 Å². The average molecular weight is 448 g/mol. The molecule has 1 aliphatic rings. The van der Waals surface area contributed by atoms with E-state index < -0.39 is 17.7 Å². The lowest BCUT2D eigenvalue weighted by atomic mass is 9.83.